The molecule has 2 rings (SSSR count). The van der Waals surface area contributed by atoms with Gasteiger partial charge in [-0.3, -0.25) is 0 Å². The molecular weight excluding hydrogens is 230 g/mol. The topological polar surface area (TPSA) is 62.7 Å². The first-order valence-electron chi connectivity index (χ1n) is 5.48. The molecule has 1 aromatic heterocycles. The summed E-state index contributed by atoms with van der Waals surface area (Å²) in [6.07, 6.45) is 1.91. The number of rotatable bonds is 4. The lowest BCUT2D eigenvalue weighted by atomic mass is 10.1. The molecule has 0 unspecified atom stereocenters. The van der Waals surface area contributed by atoms with E-state index in [9.17, 15) is 0 Å². The van der Waals surface area contributed by atoms with Crippen LogP contribution in [0.4, 0.5) is 0 Å². The fraction of sp³-hybridized carbons (Fsp3) is 0.231. The Kier molecular flexibility index (Phi) is 3.86. The van der Waals surface area contributed by atoms with Gasteiger partial charge in [0.25, 0.3) is 0 Å². The van der Waals surface area contributed by atoms with Gasteiger partial charge < -0.3 is 5.73 Å². The van der Waals surface area contributed by atoms with Crippen molar-refractivity contribution in [2.75, 3.05) is 6.54 Å². The first-order chi connectivity index (χ1) is 8.33. The van der Waals surface area contributed by atoms with Gasteiger partial charge in [-0.05, 0) is 25.1 Å². The Morgan fingerprint density at radius 2 is 2.06 bits per heavy atom. The van der Waals surface area contributed by atoms with Gasteiger partial charge >= 0.3 is 0 Å². The molecule has 0 aliphatic carbocycles. The van der Waals surface area contributed by atoms with Crippen LogP contribution in [0.2, 0.25) is 0 Å². The Morgan fingerprint density at radius 1 is 1.29 bits per heavy atom. The van der Waals surface area contributed by atoms with Gasteiger partial charge in [0.1, 0.15) is 0 Å². The van der Waals surface area contributed by atoms with Gasteiger partial charge in [-0.2, -0.15) is 5.26 Å². The zero-order chi connectivity index (χ0) is 12.1. The van der Waals surface area contributed by atoms with E-state index in [-0.39, 0.29) is 0 Å². The Balaban J connectivity index is 2.16. The summed E-state index contributed by atoms with van der Waals surface area (Å²) in [5.74, 6) is 0. The van der Waals surface area contributed by atoms with Crippen molar-refractivity contribution < 1.29 is 0 Å². The van der Waals surface area contributed by atoms with Crippen LogP contribution in [0.15, 0.2) is 29.6 Å². The summed E-state index contributed by atoms with van der Waals surface area (Å²) in [5, 5.41) is 11.9. The van der Waals surface area contributed by atoms with Crippen LogP contribution >= 0.6 is 11.3 Å². The lowest BCUT2D eigenvalue weighted by Gasteiger charge is -1.96. The monoisotopic (exact) mass is 243 g/mol. The number of thiazole rings is 1. The van der Waals surface area contributed by atoms with Gasteiger partial charge in [0.15, 0.2) is 0 Å². The highest BCUT2D eigenvalue weighted by Crippen LogP contribution is 2.22. The van der Waals surface area contributed by atoms with Crippen LogP contribution in [0, 0.1) is 11.3 Å². The molecule has 0 aliphatic heterocycles. The van der Waals surface area contributed by atoms with E-state index in [2.05, 4.69) is 11.1 Å². The van der Waals surface area contributed by atoms with Crippen molar-refractivity contribution in [3.05, 3.63) is 40.2 Å². The third kappa shape index (κ3) is 2.90. The minimum Gasteiger partial charge on any atom is -0.330 e. The molecule has 0 amide bonds. The van der Waals surface area contributed by atoms with Crippen LogP contribution < -0.4 is 5.73 Å². The second kappa shape index (κ2) is 5.58. The average Bonchev–Trinajstić information content (AvgIpc) is 2.85. The van der Waals surface area contributed by atoms with Crippen molar-refractivity contribution in [3.8, 4) is 17.3 Å². The third-order valence-electron chi connectivity index (χ3n) is 2.46. The van der Waals surface area contributed by atoms with E-state index in [1.807, 2.05) is 29.6 Å². The summed E-state index contributed by atoms with van der Waals surface area (Å²) in [6, 6.07) is 9.60. The highest BCUT2D eigenvalue weighted by molar-refractivity contribution is 7.09. The van der Waals surface area contributed by atoms with E-state index in [1.54, 1.807) is 11.3 Å². The molecule has 0 saturated heterocycles. The quantitative estimate of drug-likeness (QED) is 0.897. The van der Waals surface area contributed by atoms with Gasteiger partial charge in [-0.25, -0.2) is 4.98 Å². The first kappa shape index (κ1) is 11.8. The molecule has 86 valence electrons. The van der Waals surface area contributed by atoms with Crippen LogP contribution in [0.3, 0.4) is 0 Å². The summed E-state index contributed by atoms with van der Waals surface area (Å²) in [4.78, 5) is 4.55. The molecule has 0 fully saturated rings. The normalized spacial score (nSPS) is 10.1. The smallest absolute Gasteiger partial charge is 0.0991 e. The predicted molar refractivity (Wildman–Crippen MR) is 69.6 cm³/mol. The molecule has 0 radical (unpaired) electrons. The van der Waals surface area contributed by atoms with Crippen molar-refractivity contribution in [2.24, 2.45) is 5.73 Å². The summed E-state index contributed by atoms with van der Waals surface area (Å²) >= 11 is 1.66. The number of aromatic nitrogens is 1. The number of hydrogen-bond acceptors (Lipinski definition) is 4. The molecule has 1 heterocycles. The maximum atomic E-state index is 8.72. The molecule has 4 heteroatoms. The lowest BCUT2D eigenvalue weighted by Crippen LogP contribution is -1.99. The minimum atomic E-state index is 0.673. The average molecular weight is 243 g/mol. The van der Waals surface area contributed by atoms with Crippen LogP contribution in [-0.2, 0) is 6.42 Å². The number of nitrogens with zero attached hydrogens (tertiary/aromatic N) is 2. The van der Waals surface area contributed by atoms with E-state index >= 15 is 0 Å². The highest BCUT2D eigenvalue weighted by atomic mass is 32.1. The molecule has 0 aliphatic rings. The molecule has 3 nitrogen and oxygen atoms in total. The van der Waals surface area contributed by atoms with Crippen LogP contribution in [0.25, 0.3) is 11.3 Å². The molecule has 0 bridgehead atoms. The van der Waals surface area contributed by atoms with Crippen molar-refractivity contribution >= 4 is 11.3 Å². The van der Waals surface area contributed by atoms with Gasteiger partial charge in [0, 0.05) is 17.4 Å². The zero-order valence-corrected chi connectivity index (χ0v) is 10.2. The maximum Gasteiger partial charge on any atom is 0.0991 e. The Morgan fingerprint density at radius 3 is 2.71 bits per heavy atom. The van der Waals surface area contributed by atoms with Crippen molar-refractivity contribution in [3.63, 3.8) is 0 Å². The summed E-state index contributed by atoms with van der Waals surface area (Å²) in [5.41, 5.74) is 8.18. The first-order valence-corrected chi connectivity index (χ1v) is 6.36. The van der Waals surface area contributed by atoms with E-state index in [0.717, 1.165) is 29.1 Å². The summed E-state index contributed by atoms with van der Waals surface area (Å²) in [6.45, 7) is 0.700. The van der Waals surface area contributed by atoms with Gasteiger partial charge in [-0.1, -0.05) is 12.1 Å². The minimum absolute atomic E-state index is 0.673. The highest BCUT2D eigenvalue weighted by Gasteiger charge is 2.04. The van der Waals surface area contributed by atoms with Crippen molar-refractivity contribution in [1.82, 2.24) is 4.98 Å². The number of aryl methyl sites for hydroxylation is 1. The standard InChI is InChI=1S/C13H13N3S/c14-7-1-2-13-16-12(9-17-13)11-5-3-10(8-15)4-6-11/h3-6,9H,1-2,7,14H2. The predicted octanol–water partition coefficient (Wildman–Crippen LogP) is 2.57. The number of nitrogens with two attached hydrogens (primary N) is 1. The largest absolute Gasteiger partial charge is 0.330 e. The van der Waals surface area contributed by atoms with Crippen molar-refractivity contribution in [2.45, 2.75) is 12.8 Å². The van der Waals surface area contributed by atoms with Gasteiger partial charge in [0.05, 0.1) is 22.3 Å². The van der Waals surface area contributed by atoms with Gasteiger partial charge in [-0.15, -0.1) is 11.3 Å². The molecule has 2 N–H and O–H groups in total. The summed E-state index contributed by atoms with van der Waals surface area (Å²) in [7, 11) is 0. The molecule has 17 heavy (non-hydrogen) atoms. The fourth-order valence-electron chi connectivity index (χ4n) is 1.53. The van der Waals surface area contributed by atoms with Gasteiger partial charge in [0.2, 0.25) is 0 Å². The van der Waals surface area contributed by atoms with Crippen LogP contribution in [0.1, 0.15) is 17.0 Å². The Hall–Kier alpha value is -1.70. The molecule has 0 saturated carbocycles. The van der Waals surface area contributed by atoms with E-state index < -0.39 is 0 Å². The molecule has 2 aromatic rings. The van der Waals surface area contributed by atoms with Crippen molar-refractivity contribution in [1.29, 1.82) is 5.26 Å². The molecular formula is C13H13N3S. The third-order valence-corrected chi connectivity index (χ3v) is 3.36. The van der Waals surface area contributed by atoms with Crippen LogP contribution in [0.5, 0.6) is 0 Å². The Bertz CT molecular complexity index is 522. The van der Waals surface area contributed by atoms with E-state index in [0.29, 0.717) is 12.1 Å². The number of nitriles is 1. The second-order valence-corrected chi connectivity index (χ2v) is 4.65. The summed E-state index contributed by atoms with van der Waals surface area (Å²) < 4.78 is 0. The van der Waals surface area contributed by atoms with E-state index in [4.69, 9.17) is 11.0 Å². The number of benzene rings is 1. The maximum absolute atomic E-state index is 8.72. The molecule has 1 aromatic carbocycles. The Labute approximate surface area is 105 Å². The second-order valence-electron chi connectivity index (χ2n) is 3.71. The number of hydrogen-bond donors (Lipinski definition) is 1. The molecule has 0 atom stereocenters. The van der Waals surface area contributed by atoms with E-state index in [1.165, 1.54) is 0 Å². The SMILES string of the molecule is N#Cc1ccc(-c2csc(CCCN)n2)cc1. The van der Waals surface area contributed by atoms with Crippen LogP contribution in [-0.4, -0.2) is 11.5 Å². The zero-order valence-electron chi connectivity index (χ0n) is 9.39. The molecule has 0 spiro atoms. The lowest BCUT2D eigenvalue weighted by molar-refractivity contribution is 0.827. The fourth-order valence-corrected chi connectivity index (χ4v) is 2.38.